The molecule has 0 saturated heterocycles. The van der Waals surface area contributed by atoms with Crippen LogP contribution in [0.4, 0.5) is 5.69 Å². The predicted molar refractivity (Wildman–Crippen MR) is 106 cm³/mol. The summed E-state index contributed by atoms with van der Waals surface area (Å²) in [4.78, 5) is 18.1. The summed E-state index contributed by atoms with van der Waals surface area (Å²) in [6.07, 6.45) is 5.27. The van der Waals surface area contributed by atoms with Gasteiger partial charge in [-0.15, -0.1) is 0 Å². The molecule has 1 amide bonds. The van der Waals surface area contributed by atoms with Crippen LogP contribution in [0.5, 0.6) is 0 Å². The Balaban J connectivity index is 1.90. The van der Waals surface area contributed by atoms with Crippen LogP contribution >= 0.6 is 11.9 Å². The van der Waals surface area contributed by atoms with Crippen LogP contribution in [-0.4, -0.2) is 35.0 Å². The fourth-order valence-corrected chi connectivity index (χ4v) is 3.96. The van der Waals surface area contributed by atoms with Gasteiger partial charge in [0, 0.05) is 48.9 Å². The number of benzene rings is 1. The Kier molecular flexibility index (Phi) is 5.45. The summed E-state index contributed by atoms with van der Waals surface area (Å²) in [5.74, 6) is 1.25. The first kappa shape index (κ1) is 18.0. The molecule has 2 aromatic rings. The molecule has 1 aromatic carbocycles. The molecule has 0 saturated carbocycles. The largest absolute Gasteiger partial charge is 0.315 e. The Morgan fingerprint density at radius 1 is 1.24 bits per heavy atom. The number of carbonyl (C=O) groups is 1. The van der Waals surface area contributed by atoms with E-state index >= 15 is 0 Å². The average Bonchev–Trinajstić information content (AvgIpc) is 2.64. The molecule has 25 heavy (non-hydrogen) atoms. The Morgan fingerprint density at radius 2 is 2.04 bits per heavy atom. The average molecular weight is 356 g/mol. The molecule has 0 fully saturated rings. The van der Waals surface area contributed by atoms with E-state index in [1.54, 1.807) is 4.90 Å². The van der Waals surface area contributed by atoms with Gasteiger partial charge in [0.05, 0.1) is 0 Å². The SMILES string of the molecule is CCSN(C)C(C)c1cncc(-c2ccc3c(c2)CCC(=O)N3C)c1. The van der Waals surface area contributed by atoms with Crippen molar-refractivity contribution in [1.29, 1.82) is 0 Å². The molecule has 1 aromatic heterocycles. The zero-order chi connectivity index (χ0) is 18.0. The zero-order valence-electron chi connectivity index (χ0n) is 15.3. The number of hydrogen-bond acceptors (Lipinski definition) is 4. The fourth-order valence-electron chi connectivity index (χ4n) is 3.21. The summed E-state index contributed by atoms with van der Waals surface area (Å²) in [6, 6.07) is 8.87. The van der Waals surface area contributed by atoms with E-state index in [0.29, 0.717) is 12.5 Å². The van der Waals surface area contributed by atoms with Crippen molar-refractivity contribution in [2.24, 2.45) is 0 Å². The Bertz CT molecular complexity index is 777. The van der Waals surface area contributed by atoms with Crippen molar-refractivity contribution in [2.45, 2.75) is 32.7 Å². The third-order valence-electron chi connectivity index (χ3n) is 4.88. The van der Waals surface area contributed by atoms with Crippen molar-refractivity contribution in [3.05, 3.63) is 47.8 Å². The molecule has 132 valence electrons. The fraction of sp³-hybridized carbons (Fsp3) is 0.400. The number of aromatic nitrogens is 1. The highest BCUT2D eigenvalue weighted by Gasteiger charge is 2.21. The maximum atomic E-state index is 11.9. The van der Waals surface area contributed by atoms with Gasteiger partial charge in [-0.25, -0.2) is 4.31 Å². The lowest BCUT2D eigenvalue weighted by Crippen LogP contribution is -2.30. The molecule has 1 atom stereocenters. The van der Waals surface area contributed by atoms with Crippen LogP contribution in [0.3, 0.4) is 0 Å². The highest BCUT2D eigenvalue weighted by Crippen LogP contribution is 2.32. The van der Waals surface area contributed by atoms with Crippen molar-refractivity contribution < 1.29 is 4.79 Å². The van der Waals surface area contributed by atoms with Crippen molar-refractivity contribution in [3.63, 3.8) is 0 Å². The van der Waals surface area contributed by atoms with Crippen LogP contribution in [0.25, 0.3) is 11.1 Å². The first-order chi connectivity index (χ1) is 12.0. The minimum absolute atomic E-state index is 0.189. The first-order valence-corrected chi connectivity index (χ1v) is 9.66. The van der Waals surface area contributed by atoms with E-state index in [-0.39, 0.29) is 5.91 Å². The number of pyridine rings is 1. The van der Waals surface area contributed by atoms with Gasteiger partial charge in [0.15, 0.2) is 0 Å². The normalized spacial score (nSPS) is 15.4. The number of hydrogen-bond donors (Lipinski definition) is 0. The molecule has 1 aliphatic rings. The van der Waals surface area contributed by atoms with Crippen LogP contribution in [0, 0.1) is 0 Å². The van der Waals surface area contributed by atoms with Gasteiger partial charge < -0.3 is 4.90 Å². The van der Waals surface area contributed by atoms with Gasteiger partial charge in [-0.1, -0.05) is 24.9 Å². The van der Waals surface area contributed by atoms with Crippen LogP contribution in [0.1, 0.15) is 37.4 Å². The molecule has 0 aliphatic carbocycles. The molecular formula is C20H25N3OS. The maximum Gasteiger partial charge on any atom is 0.227 e. The van der Waals surface area contributed by atoms with Crippen LogP contribution in [0.15, 0.2) is 36.7 Å². The molecule has 1 unspecified atom stereocenters. The van der Waals surface area contributed by atoms with E-state index < -0.39 is 0 Å². The molecule has 2 heterocycles. The summed E-state index contributed by atoms with van der Waals surface area (Å²) >= 11 is 1.82. The van der Waals surface area contributed by atoms with E-state index in [9.17, 15) is 4.79 Å². The lowest BCUT2D eigenvalue weighted by atomic mass is 9.96. The van der Waals surface area contributed by atoms with Crippen molar-refractivity contribution in [1.82, 2.24) is 9.29 Å². The first-order valence-electron chi connectivity index (χ1n) is 8.71. The number of rotatable bonds is 5. The van der Waals surface area contributed by atoms with Crippen LogP contribution in [-0.2, 0) is 11.2 Å². The summed E-state index contributed by atoms with van der Waals surface area (Å²) in [5.41, 5.74) is 5.76. The molecular weight excluding hydrogens is 330 g/mol. The van der Waals surface area contributed by atoms with Crippen molar-refractivity contribution in [3.8, 4) is 11.1 Å². The molecule has 0 spiro atoms. The second kappa shape index (κ2) is 7.58. The van der Waals surface area contributed by atoms with Gasteiger partial charge in [-0.2, -0.15) is 0 Å². The van der Waals surface area contributed by atoms with E-state index in [0.717, 1.165) is 29.0 Å². The summed E-state index contributed by atoms with van der Waals surface area (Å²) in [7, 11) is 3.97. The zero-order valence-corrected chi connectivity index (χ0v) is 16.1. The second-order valence-electron chi connectivity index (χ2n) is 6.44. The highest BCUT2D eigenvalue weighted by atomic mass is 32.2. The van der Waals surface area contributed by atoms with Crippen LogP contribution < -0.4 is 4.90 Å². The molecule has 0 radical (unpaired) electrons. The minimum Gasteiger partial charge on any atom is -0.315 e. The number of fused-ring (bicyclic) bond motifs is 1. The Morgan fingerprint density at radius 3 is 2.80 bits per heavy atom. The quantitative estimate of drug-likeness (QED) is 0.749. The topological polar surface area (TPSA) is 36.4 Å². The van der Waals surface area contributed by atoms with Crippen LogP contribution in [0.2, 0.25) is 0 Å². The Hall–Kier alpha value is -1.85. The standard InChI is InChI=1S/C20H25N3OS/c1-5-25-23(4)14(2)17-11-18(13-21-12-17)15-6-8-19-16(10-15)7-9-20(24)22(19)3/h6,8,10-14H,5,7,9H2,1-4H3. The van der Waals surface area contributed by atoms with Gasteiger partial charge >= 0.3 is 0 Å². The van der Waals surface area contributed by atoms with Gasteiger partial charge in [0.25, 0.3) is 0 Å². The van der Waals surface area contributed by atoms with E-state index in [4.69, 9.17) is 0 Å². The smallest absolute Gasteiger partial charge is 0.227 e. The molecule has 0 bridgehead atoms. The monoisotopic (exact) mass is 355 g/mol. The number of anilines is 1. The molecule has 0 N–H and O–H groups in total. The summed E-state index contributed by atoms with van der Waals surface area (Å²) < 4.78 is 2.27. The third kappa shape index (κ3) is 3.72. The molecule has 5 heteroatoms. The van der Waals surface area contributed by atoms with Gasteiger partial charge in [0.1, 0.15) is 0 Å². The summed E-state index contributed by atoms with van der Waals surface area (Å²) in [5, 5.41) is 0. The second-order valence-corrected chi connectivity index (χ2v) is 7.85. The van der Waals surface area contributed by atoms with E-state index in [1.807, 2.05) is 31.4 Å². The van der Waals surface area contributed by atoms with Gasteiger partial charge in [0.2, 0.25) is 5.91 Å². The summed E-state index contributed by atoms with van der Waals surface area (Å²) in [6.45, 7) is 4.37. The lowest BCUT2D eigenvalue weighted by Gasteiger charge is -2.26. The molecule has 1 aliphatic heterocycles. The lowest BCUT2D eigenvalue weighted by molar-refractivity contribution is -0.118. The third-order valence-corrected chi connectivity index (χ3v) is 5.86. The van der Waals surface area contributed by atoms with E-state index in [1.165, 1.54) is 11.1 Å². The molecule has 4 nitrogen and oxygen atoms in total. The number of nitrogens with zero attached hydrogens (tertiary/aromatic N) is 3. The molecule has 3 rings (SSSR count). The Labute approximate surface area is 154 Å². The van der Waals surface area contributed by atoms with Crippen molar-refractivity contribution in [2.75, 3.05) is 24.7 Å². The van der Waals surface area contributed by atoms with E-state index in [2.05, 4.69) is 54.4 Å². The highest BCUT2D eigenvalue weighted by molar-refractivity contribution is 7.96. The maximum absolute atomic E-state index is 11.9. The number of carbonyl (C=O) groups excluding carboxylic acids is 1. The van der Waals surface area contributed by atoms with Crippen molar-refractivity contribution >= 4 is 23.5 Å². The van der Waals surface area contributed by atoms with Gasteiger partial charge in [-0.05, 0) is 55.3 Å². The number of amides is 1. The predicted octanol–water partition coefficient (Wildman–Crippen LogP) is 4.32. The number of aryl methyl sites for hydroxylation is 1. The van der Waals surface area contributed by atoms with Gasteiger partial charge in [-0.3, -0.25) is 9.78 Å². The minimum atomic E-state index is 0.189.